The van der Waals surface area contributed by atoms with Crippen molar-refractivity contribution in [2.24, 2.45) is 0 Å². The molecule has 0 atom stereocenters. The van der Waals surface area contributed by atoms with E-state index in [0.29, 0.717) is 0 Å². The van der Waals surface area contributed by atoms with Crippen molar-refractivity contribution in [3.63, 3.8) is 0 Å². The first kappa shape index (κ1) is 14.2. The van der Waals surface area contributed by atoms with Gasteiger partial charge in [0.1, 0.15) is 0 Å². The van der Waals surface area contributed by atoms with Gasteiger partial charge in [-0.25, -0.2) is 4.39 Å². The molecule has 4 nitrogen and oxygen atoms in total. The molecule has 0 aliphatic rings. The number of halogens is 4. The van der Waals surface area contributed by atoms with Gasteiger partial charge in [-0.1, -0.05) is 0 Å². The predicted octanol–water partition coefficient (Wildman–Crippen LogP) is 1.83. The number of nitrogens with one attached hydrogen (secondary N) is 1. The van der Waals surface area contributed by atoms with Gasteiger partial charge in [0.2, 0.25) is 0 Å². The lowest BCUT2D eigenvalue weighted by Gasteiger charge is -2.13. The summed E-state index contributed by atoms with van der Waals surface area (Å²) in [4.78, 5) is 10.7. The number of hydrogen-bond acceptors (Lipinski definition) is 3. The molecule has 1 amide bonds. The first-order chi connectivity index (χ1) is 8.31. The number of benzene rings is 1. The van der Waals surface area contributed by atoms with Crippen molar-refractivity contribution < 1.29 is 32.2 Å². The minimum atomic E-state index is -5.09. The van der Waals surface area contributed by atoms with Crippen molar-refractivity contribution in [3.05, 3.63) is 23.5 Å². The summed E-state index contributed by atoms with van der Waals surface area (Å²) in [5, 5.41) is 10.4. The lowest BCUT2D eigenvalue weighted by molar-refractivity contribution is -0.167. The summed E-state index contributed by atoms with van der Waals surface area (Å²) in [7, 11) is 1.16. The summed E-state index contributed by atoms with van der Waals surface area (Å²) in [5.41, 5.74) is -0.940. The molecule has 1 aromatic carbocycles. The number of ether oxygens (including phenoxy) is 1. The van der Waals surface area contributed by atoms with Gasteiger partial charge in [0.25, 0.3) is 0 Å². The summed E-state index contributed by atoms with van der Waals surface area (Å²) >= 11 is 0. The molecule has 18 heavy (non-hydrogen) atoms. The van der Waals surface area contributed by atoms with Crippen molar-refractivity contribution in [2.45, 2.75) is 12.8 Å². The summed E-state index contributed by atoms with van der Waals surface area (Å²) in [6, 6.07) is 2.05. The number of methoxy groups -OCH3 is 1. The Morgan fingerprint density at radius 3 is 2.50 bits per heavy atom. The molecule has 8 heteroatoms. The van der Waals surface area contributed by atoms with E-state index < -0.39 is 35.8 Å². The number of hydrogen-bond donors (Lipinski definition) is 2. The third-order valence-electron chi connectivity index (χ3n) is 2.09. The molecule has 1 rings (SSSR count). The number of aliphatic hydroxyl groups excluding tert-OH is 1. The van der Waals surface area contributed by atoms with E-state index in [-0.39, 0.29) is 5.75 Å². The van der Waals surface area contributed by atoms with Crippen LogP contribution in [0.3, 0.4) is 0 Å². The van der Waals surface area contributed by atoms with Crippen molar-refractivity contribution in [1.82, 2.24) is 0 Å². The molecule has 0 unspecified atom stereocenters. The maximum atomic E-state index is 13.6. The first-order valence-corrected chi connectivity index (χ1v) is 4.65. The van der Waals surface area contributed by atoms with E-state index in [1.165, 1.54) is 5.32 Å². The van der Waals surface area contributed by atoms with Gasteiger partial charge in [0.15, 0.2) is 11.6 Å². The minimum absolute atomic E-state index is 0.246. The van der Waals surface area contributed by atoms with E-state index in [1.807, 2.05) is 0 Å². The summed E-state index contributed by atoms with van der Waals surface area (Å²) in [6.07, 6.45) is -5.09. The summed E-state index contributed by atoms with van der Waals surface area (Å²) in [5.74, 6) is -3.52. The zero-order valence-electron chi connectivity index (χ0n) is 9.14. The van der Waals surface area contributed by atoms with Gasteiger partial charge < -0.3 is 15.2 Å². The molecule has 0 aliphatic carbocycles. The zero-order valence-corrected chi connectivity index (χ0v) is 9.14. The minimum Gasteiger partial charge on any atom is -0.494 e. The highest BCUT2D eigenvalue weighted by atomic mass is 19.4. The Balaban J connectivity index is 3.11. The quantitative estimate of drug-likeness (QED) is 0.821. The van der Waals surface area contributed by atoms with Gasteiger partial charge >= 0.3 is 12.1 Å². The second kappa shape index (κ2) is 5.21. The number of rotatable bonds is 3. The van der Waals surface area contributed by atoms with Crippen LogP contribution in [0.1, 0.15) is 5.56 Å². The number of aliphatic hydroxyl groups is 1. The van der Waals surface area contributed by atoms with E-state index in [1.54, 1.807) is 0 Å². The molecule has 0 radical (unpaired) electrons. The monoisotopic (exact) mass is 267 g/mol. The molecule has 0 fully saturated rings. The highest BCUT2D eigenvalue weighted by Crippen LogP contribution is 2.28. The SMILES string of the molecule is COc1ccc(NC(=O)C(F)(F)F)c(CO)c1F. The largest absolute Gasteiger partial charge is 0.494 e. The molecule has 2 N–H and O–H groups in total. The Bertz CT molecular complexity index is 459. The molecule has 1 aromatic rings. The third kappa shape index (κ3) is 2.89. The van der Waals surface area contributed by atoms with Crippen LogP contribution >= 0.6 is 0 Å². The molecule has 0 saturated heterocycles. The van der Waals surface area contributed by atoms with Crippen LogP contribution in [0.25, 0.3) is 0 Å². The molecular formula is C10H9F4NO3. The lowest BCUT2D eigenvalue weighted by Crippen LogP contribution is -2.30. The summed E-state index contributed by atoms with van der Waals surface area (Å²) < 4.78 is 54.2. The second-order valence-corrected chi connectivity index (χ2v) is 3.22. The maximum absolute atomic E-state index is 13.6. The van der Waals surface area contributed by atoms with Crippen molar-refractivity contribution in [3.8, 4) is 5.75 Å². The molecule has 0 bridgehead atoms. The molecule has 0 spiro atoms. The van der Waals surface area contributed by atoms with E-state index in [4.69, 9.17) is 5.11 Å². The Morgan fingerprint density at radius 1 is 1.44 bits per heavy atom. The van der Waals surface area contributed by atoms with E-state index in [2.05, 4.69) is 4.74 Å². The van der Waals surface area contributed by atoms with Crippen LogP contribution in [0.2, 0.25) is 0 Å². The molecule has 0 saturated carbocycles. The number of anilines is 1. The van der Waals surface area contributed by atoms with Crippen LogP contribution in [0.15, 0.2) is 12.1 Å². The predicted molar refractivity (Wildman–Crippen MR) is 53.6 cm³/mol. The molecule has 100 valence electrons. The molecule has 0 heterocycles. The molecule has 0 aliphatic heterocycles. The first-order valence-electron chi connectivity index (χ1n) is 4.65. The number of carbonyl (C=O) groups is 1. The van der Waals surface area contributed by atoms with Gasteiger partial charge in [-0.05, 0) is 12.1 Å². The van der Waals surface area contributed by atoms with Crippen LogP contribution in [0, 0.1) is 5.82 Å². The van der Waals surface area contributed by atoms with Crippen LogP contribution in [0.4, 0.5) is 23.2 Å². The van der Waals surface area contributed by atoms with E-state index >= 15 is 0 Å². The van der Waals surface area contributed by atoms with Gasteiger partial charge in [-0.15, -0.1) is 0 Å². The van der Waals surface area contributed by atoms with Gasteiger partial charge in [-0.3, -0.25) is 4.79 Å². The molecule has 0 aromatic heterocycles. The highest BCUT2D eigenvalue weighted by molar-refractivity contribution is 5.95. The smallest absolute Gasteiger partial charge is 0.471 e. The fourth-order valence-corrected chi connectivity index (χ4v) is 1.22. The third-order valence-corrected chi connectivity index (χ3v) is 2.09. The van der Waals surface area contributed by atoms with E-state index in [0.717, 1.165) is 19.2 Å². The van der Waals surface area contributed by atoms with Crippen molar-refractivity contribution in [1.29, 1.82) is 0 Å². The van der Waals surface area contributed by atoms with Crippen molar-refractivity contribution >= 4 is 11.6 Å². The van der Waals surface area contributed by atoms with E-state index in [9.17, 15) is 22.4 Å². The highest BCUT2D eigenvalue weighted by Gasteiger charge is 2.39. The van der Waals surface area contributed by atoms with Gasteiger partial charge in [-0.2, -0.15) is 13.2 Å². The van der Waals surface area contributed by atoms with Crippen LogP contribution in [0.5, 0.6) is 5.75 Å². The van der Waals surface area contributed by atoms with Gasteiger partial charge in [0, 0.05) is 11.3 Å². The average molecular weight is 267 g/mol. The summed E-state index contributed by atoms with van der Waals surface area (Å²) in [6.45, 7) is -0.878. The topological polar surface area (TPSA) is 58.6 Å². The lowest BCUT2D eigenvalue weighted by atomic mass is 10.1. The Labute approximate surface area is 99.2 Å². The Morgan fingerprint density at radius 2 is 2.06 bits per heavy atom. The van der Waals surface area contributed by atoms with Crippen LogP contribution in [-0.4, -0.2) is 24.3 Å². The van der Waals surface area contributed by atoms with Crippen LogP contribution < -0.4 is 10.1 Å². The van der Waals surface area contributed by atoms with Crippen LogP contribution in [-0.2, 0) is 11.4 Å². The standard InChI is InChI=1S/C10H9F4NO3/c1-18-7-3-2-6(5(4-16)8(7)11)15-9(17)10(12,13)14/h2-3,16H,4H2,1H3,(H,15,17). The molecular weight excluding hydrogens is 258 g/mol. The average Bonchev–Trinajstić information content (AvgIpc) is 2.28. The normalized spacial score (nSPS) is 11.2. The Hall–Kier alpha value is -1.83. The number of carbonyl (C=O) groups excluding carboxylic acids is 1. The Kier molecular flexibility index (Phi) is 4.12. The fourth-order valence-electron chi connectivity index (χ4n) is 1.22. The number of amides is 1. The maximum Gasteiger partial charge on any atom is 0.471 e. The van der Waals surface area contributed by atoms with Gasteiger partial charge in [0.05, 0.1) is 13.7 Å². The van der Waals surface area contributed by atoms with Crippen molar-refractivity contribution in [2.75, 3.05) is 12.4 Å². The fraction of sp³-hybridized carbons (Fsp3) is 0.300. The zero-order chi connectivity index (χ0) is 13.9. The second-order valence-electron chi connectivity index (χ2n) is 3.22. The number of alkyl halides is 3.